The first-order valence-electron chi connectivity index (χ1n) is 4.17. The summed E-state index contributed by atoms with van der Waals surface area (Å²) in [5, 5.41) is 2.15. The van der Waals surface area contributed by atoms with Crippen LogP contribution in [0.4, 0.5) is 14.5 Å². The molecular weight excluding hydrogens is 188 g/mol. The standard InChI is InChI=1S/C10H11F2NO/c1-6-3-4-8(7(2)5-6)13-10(14)9(11)12/h3-5,9H,1-2H3,(H,13,14). The van der Waals surface area contributed by atoms with Crippen LogP contribution >= 0.6 is 0 Å². The van der Waals surface area contributed by atoms with Crippen LogP contribution in [0.3, 0.4) is 0 Å². The SMILES string of the molecule is Cc1ccc(NC(=O)C(F)F)c(C)c1. The molecule has 0 unspecified atom stereocenters. The second kappa shape index (κ2) is 4.17. The fourth-order valence-electron chi connectivity index (χ4n) is 1.14. The van der Waals surface area contributed by atoms with Crippen LogP contribution in [-0.2, 0) is 4.79 Å². The number of carbonyl (C=O) groups is 1. The molecule has 1 N–H and O–H groups in total. The molecule has 0 spiro atoms. The van der Waals surface area contributed by atoms with E-state index < -0.39 is 12.3 Å². The van der Waals surface area contributed by atoms with Crippen LogP contribution in [0.5, 0.6) is 0 Å². The van der Waals surface area contributed by atoms with Gasteiger partial charge in [-0.3, -0.25) is 4.79 Å². The maximum atomic E-state index is 11.9. The van der Waals surface area contributed by atoms with E-state index in [9.17, 15) is 13.6 Å². The predicted molar refractivity (Wildman–Crippen MR) is 50.5 cm³/mol. The van der Waals surface area contributed by atoms with Crippen LogP contribution in [0, 0.1) is 13.8 Å². The molecule has 2 nitrogen and oxygen atoms in total. The predicted octanol–water partition coefficient (Wildman–Crippen LogP) is 2.51. The summed E-state index contributed by atoms with van der Waals surface area (Å²) in [5.74, 6) is -1.27. The molecule has 0 saturated heterocycles. The molecule has 0 saturated carbocycles. The van der Waals surface area contributed by atoms with E-state index in [-0.39, 0.29) is 0 Å². The highest BCUT2D eigenvalue weighted by molar-refractivity contribution is 5.93. The Bertz CT molecular complexity index is 350. The van der Waals surface area contributed by atoms with Crippen LogP contribution < -0.4 is 5.32 Å². The van der Waals surface area contributed by atoms with Crippen LogP contribution in [0.25, 0.3) is 0 Å². The third-order valence-corrected chi connectivity index (χ3v) is 1.84. The van der Waals surface area contributed by atoms with E-state index >= 15 is 0 Å². The number of hydrogen-bond donors (Lipinski definition) is 1. The third kappa shape index (κ3) is 2.52. The Labute approximate surface area is 80.9 Å². The molecule has 0 aliphatic carbocycles. The first kappa shape index (κ1) is 10.6. The number of anilines is 1. The Hall–Kier alpha value is -1.45. The lowest BCUT2D eigenvalue weighted by atomic mass is 10.1. The molecule has 76 valence electrons. The Morgan fingerprint density at radius 3 is 2.50 bits per heavy atom. The number of aryl methyl sites for hydroxylation is 2. The van der Waals surface area contributed by atoms with E-state index in [0.29, 0.717) is 5.69 Å². The highest BCUT2D eigenvalue weighted by Gasteiger charge is 2.15. The molecule has 1 amide bonds. The van der Waals surface area contributed by atoms with Crippen molar-refractivity contribution in [1.29, 1.82) is 0 Å². The minimum Gasteiger partial charge on any atom is -0.321 e. The van der Waals surface area contributed by atoms with Crippen molar-refractivity contribution in [2.45, 2.75) is 20.3 Å². The minimum absolute atomic E-state index is 0.431. The Morgan fingerprint density at radius 1 is 1.36 bits per heavy atom. The fourth-order valence-corrected chi connectivity index (χ4v) is 1.14. The van der Waals surface area contributed by atoms with Gasteiger partial charge in [0.1, 0.15) is 0 Å². The second-order valence-corrected chi connectivity index (χ2v) is 3.11. The van der Waals surface area contributed by atoms with Gasteiger partial charge in [-0.05, 0) is 25.5 Å². The van der Waals surface area contributed by atoms with Crippen molar-refractivity contribution in [3.8, 4) is 0 Å². The number of alkyl halides is 2. The van der Waals surface area contributed by atoms with Crippen molar-refractivity contribution in [1.82, 2.24) is 0 Å². The average molecular weight is 199 g/mol. The topological polar surface area (TPSA) is 29.1 Å². The van der Waals surface area contributed by atoms with Crippen LogP contribution in [0.1, 0.15) is 11.1 Å². The molecule has 1 rings (SSSR count). The van der Waals surface area contributed by atoms with E-state index in [1.807, 2.05) is 13.0 Å². The third-order valence-electron chi connectivity index (χ3n) is 1.84. The number of rotatable bonds is 2. The van der Waals surface area contributed by atoms with E-state index in [2.05, 4.69) is 5.32 Å². The minimum atomic E-state index is -2.98. The maximum absolute atomic E-state index is 11.9. The molecule has 4 heteroatoms. The number of nitrogens with one attached hydrogen (secondary N) is 1. The lowest BCUT2D eigenvalue weighted by Gasteiger charge is -2.08. The van der Waals surface area contributed by atoms with Gasteiger partial charge in [-0.2, -0.15) is 8.78 Å². The summed E-state index contributed by atoms with van der Waals surface area (Å²) in [7, 11) is 0. The van der Waals surface area contributed by atoms with Crippen molar-refractivity contribution in [2.24, 2.45) is 0 Å². The van der Waals surface area contributed by atoms with Crippen molar-refractivity contribution < 1.29 is 13.6 Å². The van der Waals surface area contributed by atoms with Gasteiger partial charge in [-0.25, -0.2) is 0 Å². The zero-order chi connectivity index (χ0) is 10.7. The molecule has 1 aromatic carbocycles. The quantitative estimate of drug-likeness (QED) is 0.779. The van der Waals surface area contributed by atoms with Crippen LogP contribution in [-0.4, -0.2) is 12.3 Å². The average Bonchev–Trinajstić information content (AvgIpc) is 2.09. The Balaban J connectivity index is 2.82. The molecular formula is C10H11F2NO. The second-order valence-electron chi connectivity index (χ2n) is 3.11. The van der Waals surface area contributed by atoms with Crippen molar-refractivity contribution in [2.75, 3.05) is 5.32 Å². The fraction of sp³-hybridized carbons (Fsp3) is 0.300. The highest BCUT2D eigenvalue weighted by atomic mass is 19.3. The summed E-state index contributed by atoms with van der Waals surface area (Å²) in [4.78, 5) is 10.7. The van der Waals surface area contributed by atoms with E-state index in [1.165, 1.54) is 0 Å². The summed E-state index contributed by atoms with van der Waals surface area (Å²) >= 11 is 0. The Kier molecular flexibility index (Phi) is 3.17. The van der Waals surface area contributed by atoms with Crippen molar-refractivity contribution in [3.05, 3.63) is 29.3 Å². The summed E-state index contributed by atoms with van der Waals surface area (Å²) in [6, 6.07) is 5.19. The molecule has 1 aromatic rings. The van der Waals surface area contributed by atoms with Gasteiger partial charge >= 0.3 is 6.43 Å². The Morgan fingerprint density at radius 2 is 2.00 bits per heavy atom. The number of halogens is 2. The van der Waals surface area contributed by atoms with Gasteiger partial charge in [-0.1, -0.05) is 17.7 Å². The number of amides is 1. The van der Waals surface area contributed by atoms with Gasteiger partial charge in [-0.15, -0.1) is 0 Å². The summed E-state index contributed by atoms with van der Waals surface area (Å²) in [5.41, 5.74) is 2.23. The van der Waals surface area contributed by atoms with Gasteiger partial charge in [0.15, 0.2) is 0 Å². The largest absolute Gasteiger partial charge is 0.321 e. The zero-order valence-electron chi connectivity index (χ0n) is 7.97. The van der Waals surface area contributed by atoms with Crippen molar-refractivity contribution in [3.63, 3.8) is 0 Å². The molecule has 0 fully saturated rings. The molecule has 0 aromatic heterocycles. The van der Waals surface area contributed by atoms with Gasteiger partial charge in [0, 0.05) is 5.69 Å². The molecule has 0 radical (unpaired) electrons. The van der Waals surface area contributed by atoms with Gasteiger partial charge in [0.25, 0.3) is 5.91 Å². The van der Waals surface area contributed by atoms with Gasteiger partial charge < -0.3 is 5.32 Å². The van der Waals surface area contributed by atoms with E-state index in [4.69, 9.17) is 0 Å². The normalized spacial score (nSPS) is 10.4. The summed E-state index contributed by atoms with van der Waals surface area (Å²) in [6.07, 6.45) is -2.98. The van der Waals surface area contributed by atoms with E-state index in [1.54, 1.807) is 19.1 Å². The molecule has 0 bridgehead atoms. The van der Waals surface area contributed by atoms with Crippen LogP contribution in [0.2, 0.25) is 0 Å². The molecule has 0 aliphatic rings. The smallest absolute Gasteiger partial charge is 0.315 e. The zero-order valence-corrected chi connectivity index (χ0v) is 7.97. The number of hydrogen-bond acceptors (Lipinski definition) is 1. The molecule has 0 heterocycles. The number of benzene rings is 1. The van der Waals surface area contributed by atoms with E-state index in [0.717, 1.165) is 11.1 Å². The maximum Gasteiger partial charge on any atom is 0.315 e. The first-order valence-corrected chi connectivity index (χ1v) is 4.17. The highest BCUT2D eigenvalue weighted by Crippen LogP contribution is 2.16. The molecule has 0 atom stereocenters. The number of carbonyl (C=O) groups excluding carboxylic acids is 1. The monoisotopic (exact) mass is 199 g/mol. The lowest BCUT2D eigenvalue weighted by molar-refractivity contribution is -0.126. The molecule has 0 aliphatic heterocycles. The lowest BCUT2D eigenvalue weighted by Crippen LogP contribution is -2.20. The summed E-state index contributed by atoms with van der Waals surface area (Å²) in [6.45, 7) is 3.65. The van der Waals surface area contributed by atoms with Gasteiger partial charge in [0.05, 0.1) is 0 Å². The molecule has 14 heavy (non-hydrogen) atoms. The van der Waals surface area contributed by atoms with Gasteiger partial charge in [0.2, 0.25) is 0 Å². The summed E-state index contributed by atoms with van der Waals surface area (Å²) < 4.78 is 23.8. The van der Waals surface area contributed by atoms with Crippen LogP contribution in [0.15, 0.2) is 18.2 Å². The first-order chi connectivity index (χ1) is 6.50. The van der Waals surface area contributed by atoms with Crippen molar-refractivity contribution >= 4 is 11.6 Å².